The standard InChI is InChI=1S/C22H24N2O2S/c1-4-6-16-7-9-17(10-8-16)20-15(3)27-22(23-20)24-21(25)18-11-13-19(14-12-18)26-5-2/h7-14H,4-6H2,1-3H3,(H,23,24,25). The third-order valence-corrected chi connectivity index (χ3v) is 5.10. The summed E-state index contributed by atoms with van der Waals surface area (Å²) in [6.45, 7) is 6.74. The lowest BCUT2D eigenvalue weighted by Crippen LogP contribution is -2.11. The summed E-state index contributed by atoms with van der Waals surface area (Å²) in [6.07, 6.45) is 2.22. The van der Waals surface area contributed by atoms with Crippen LogP contribution in [-0.4, -0.2) is 17.5 Å². The van der Waals surface area contributed by atoms with Crippen molar-refractivity contribution in [2.24, 2.45) is 0 Å². The van der Waals surface area contributed by atoms with E-state index in [0.717, 1.165) is 34.7 Å². The van der Waals surface area contributed by atoms with Gasteiger partial charge in [0.2, 0.25) is 0 Å². The minimum atomic E-state index is -0.170. The predicted octanol–water partition coefficient (Wildman–Crippen LogP) is 5.72. The van der Waals surface area contributed by atoms with Crippen molar-refractivity contribution in [2.75, 3.05) is 11.9 Å². The Labute approximate surface area is 164 Å². The Bertz CT molecular complexity index is 899. The number of carbonyl (C=O) groups excluding carboxylic acids is 1. The summed E-state index contributed by atoms with van der Waals surface area (Å²) < 4.78 is 5.41. The Morgan fingerprint density at radius 1 is 1.07 bits per heavy atom. The number of ether oxygens (including phenoxy) is 1. The molecule has 4 nitrogen and oxygen atoms in total. The number of nitrogens with zero attached hydrogens (tertiary/aromatic N) is 1. The molecule has 0 fully saturated rings. The van der Waals surface area contributed by atoms with E-state index in [2.05, 4.69) is 41.5 Å². The van der Waals surface area contributed by atoms with Crippen LogP contribution in [0, 0.1) is 6.92 Å². The molecule has 0 atom stereocenters. The van der Waals surface area contributed by atoms with E-state index in [0.29, 0.717) is 17.3 Å². The van der Waals surface area contributed by atoms with Crippen molar-refractivity contribution in [3.8, 4) is 17.0 Å². The highest BCUT2D eigenvalue weighted by Gasteiger charge is 2.13. The van der Waals surface area contributed by atoms with Crippen molar-refractivity contribution in [3.05, 3.63) is 64.5 Å². The number of thiazole rings is 1. The number of carbonyl (C=O) groups is 1. The molecule has 0 saturated carbocycles. The molecule has 5 heteroatoms. The third kappa shape index (κ3) is 4.74. The van der Waals surface area contributed by atoms with E-state index in [1.54, 1.807) is 24.3 Å². The fourth-order valence-electron chi connectivity index (χ4n) is 2.87. The SMILES string of the molecule is CCCc1ccc(-c2nc(NC(=O)c3ccc(OCC)cc3)sc2C)cc1. The van der Waals surface area contributed by atoms with Gasteiger partial charge in [-0.3, -0.25) is 10.1 Å². The molecule has 0 radical (unpaired) electrons. The average molecular weight is 381 g/mol. The molecule has 3 aromatic rings. The van der Waals surface area contributed by atoms with Gasteiger partial charge in [0.05, 0.1) is 12.3 Å². The van der Waals surface area contributed by atoms with Crippen LogP contribution in [0.1, 0.15) is 41.1 Å². The largest absolute Gasteiger partial charge is 0.494 e. The zero-order chi connectivity index (χ0) is 19.2. The van der Waals surface area contributed by atoms with E-state index in [-0.39, 0.29) is 5.91 Å². The Kier molecular flexibility index (Phi) is 6.24. The van der Waals surface area contributed by atoms with Crippen LogP contribution in [0.15, 0.2) is 48.5 Å². The zero-order valence-electron chi connectivity index (χ0n) is 15.9. The van der Waals surface area contributed by atoms with Gasteiger partial charge in [0, 0.05) is 16.0 Å². The van der Waals surface area contributed by atoms with Gasteiger partial charge in [-0.25, -0.2) is 4.98 Å². The highest BCUT2D eigenvalue weighted by molar-refractivity contribution is 7.16. The van der Waals surface area contributed by atoms with E-state index in [1.165, 1.54) is 16.9 Å². The molecule has 0 aliphatic rings. The molecule has 0 saturated heterocycles. The van der Waals surface area contributed by atoms with Crippen molar-refractivity contribution >= 4 is 22.4 Å². The number of anilines is 1. The molecule has 0 bridgehead atoms. The lowest BCUT2D eigenvalue weighted by Gasteiger charge is -2.05. The summed E-state index contributed by atoms with van der Waals surface area (Å²) in [5.74, 6) is 0.588. The van der Waals surface area contributed by atoms with Crippen LogP contribution in [0.5, 0.6) is 5.75 Å². The van der Waals surface area contributed by atoms with E-state index in [9.17, 15) is 4.79 Å². The summed E-state index contributed by atoms with van der Waals surface area (Å²) >= 11 is 1.49. The van der Waals surface area contributed by atoms with E-state index < -0.39 is 0 Å². The second-order valence-electron chi connectivity index (χ2n) is 6.28. The van der Waals surface area contributed by atoms with E-state index >= 15 is 0 Å². The number of hydrogen-bond acceptors (Lipinski definition) is 4. The number of aromatic nitrogens is 1. The molecule has 0 unspecified atom stereocenters. The van der Waals surface area contributed by atoms with Crippen LogP contribution in [0.25, 0.3) is 11.3 Å². The van der Waals surface area contributed by atoms with Crippen LogP contribution in [0.4, 0.5) is 5.13 Å². The second-order valence-corrected chi connectivity index (χ2v) is 7.49. The van der Waals surface area contributed by atoms with Crippen LogP contribution >= 0.6 is 11.3 Å². The van der Waals surface area contributed by atoms with Gasteiger partial charge in [0.1, 0.15) is 5.75 Å². The Morgan fingerprint density at radius 2 is 1.78 bits per heavy atom. The van der Waals surface area contributed by atoms with Gasteiger partial charge in [-0.05, 0) is 50.1 Å². The molecule has 1 heterocycles. The van der Waals surface area contributed by atoms with Crippen molar-refractivity contribution in [1.29, 1.82) is 0 Å². The van der Waals surface area contributed by atoms with Gasteiger partial charge < -0.3 is 4.74 Å². The first-order valence-electron chi connectivity index (χ1n) is 9.21. The van der Waals surface area contributed by atoms with Gasteiger partial charge in [-0.1, -0.05) is 37.6 Å². The number of hydrogen-bond donors (Lipinski definition) is 1. The van der Waals surface area contributed by atoms with E-state index in [4.69, 9.17) is 4.74 Å². The van der Waals surface area contributed by atoms with Crippen molar-refractivity contribution < 1.29 is 9.53 Å². The van der Waals surface area contributed by atoms with Gasteiger partial charge in [0.15, 0.2) is 5.13 Å². The average Bonchev–Trinajstić information content (AvgIpc) is 3.03. The summed E-state index contributed by atoms with van der Waals surface area (Å²) in [5.41, 5.74) is 3.91. The fourth-order valence-corrected chi connectivity index (χ4v) is 3.71. The van der Waals surface area contributed by atoms with Crippen LogP contribution in [0.3, 0.4) is 0 Å². The summed E-state index contributed by atoms with van der Waals surface area (Å²) in [4.78, 5) is 18.2. The number of aryl methyl sites for hydroxylation is 2. The fraction of sp³-hybridized carbons (Fsp3) is 0.273. The Balaban J connectivity index is 1.72. The van der Waals surface area contributed by atoms with Crippen LogP contribution in [-0.2, 0) is 6.42 Å². The quantitative estimate of drug-likeness (QED) is 0.570. The molecule has 27 heavy (non-hydrogen) atoms. The van der Waals surface area contributed by atoms with Crippen LogP contribution in [0.2, 0.25) is 0 Å². The number of benzene rings is 2. The van der Waals surface area contributed by atoms with Gasteiger partial charge in [-0.15, -0.1) is 11.3 Å². The number of rotatable bonds is 7. The summed E-state index contributed by atoms with van der Waals surface area (Å²) in [5, 5.41) is 3.51. The minimum absolute atomic E-state index is 0.170. The molecular weight excluding hydrogens is 356 g/mol. The molecule has 1 amide bonds. The normalized spacial score (nSPS) is 10.6. The van der Waals surface area contributed by atoms with Crippen molar-refractivity contribution in [1.82, 2.24) is 4.98 Å². The molecule has 3 rings (SSSR count). The first-order valence-corrected chi connectivity index (χ1v) is 10.0. The highest BCUT2D eigenvalue weighted by Crippen LogP contribution is 2.31. The van der Waals surface area contributed by atoms with Crippen molar-refractivity contribution in [2.45, 2.75) is 33.6 Å². The predicted molar refractivity (Wildman–Crippen MR) is 112 cm³/mol. The van der Waals surface area contributed by atoms with Crippen LogP contribution < -0.4 is 10.1 Å². The van der Waals surface area contributed by atoms with E-state index in [1.807, 2.05) is 13.8 Å². The maximum Gasteiger partial charge on any atom is 0.257 e. The smallest absolute Gasteiger partial charge is 0.257 e. The number of nitrogens with one attached hydrogen (secondary N) is 1. The first kappa shape index (κ1) is 19.1. The minimum Gasteiger partial charge on any atom is -0.494 e. The lowest BCUT2D eigenvalue weighted by atomic mass is 10.1. The van der Waals surface area contributed by atoms with Gasteiger partial charge in [0.25, 0.3) is 5.91 Å². The lowest BCUT2D eigenvalue weighted by molar-refractivity contribution is 0.102. The first-order chi connectivity index (χ1) is 13.1. The molecule has 1 N–H and O–H groups in total. The van der Waals surface area contributed by atoms with Gasteiger partial charge in [-0.2, -0.15) is 0 Å². The maximum absolute atomic E-state index is 12.5. The Morgan fingerprint density at radius 3 is 2.41 bits per heavy atom. The third-order valence-electron chi connectivity index (χ3n) is 4.21. The monoisotopic (exact) mass is 380 g/mol. The zero-order valence-corrected chi connectivity index (χ0v) is 16.7. The second kappa shape index (κ2) is 8.82. The highest BCUT2D eigenvalue weighted by atomic mass is 32.1. The maximum atomic E-state index is 12.5. The summed E-state index contributed by atoms with van der Waals surface area (Å²) in [7, 11) is 0. The molecular formula is C22H24N2O2S. The molecule has 1 aromatic heterocycles. The number of amides is 1. The Hall–Kier alpha value is -2.66. The van der Waals surface area contributed by atoms with Crippen molar-refractivity contribution in [3.63, 3.8) is 0 Å². The molecule has 0 spiro atoms. The molecule has 0 aliphatic carbocycles. The molecule has 140 valence electrons. The molecule has 0 aliphatic heterocycles. The van der Waals surface area contributed by atoms with Gasteiger partial charge >= 0.3 is 0 Å². The topological polar surface area (TPSA) is 51.2 Å². The summed E-state index contributed by atoms with van der Waals surface area (Å²) in [6, 6.07) is 15.6. The molecule has 2 aromatic carbocycles.